The molecule has 308 valence electrons. The van der Waals surface area contributed by atoms with Gasteiger partial charge >= 0.3 is 5.97 Å². The molecule has 4 aromatic carbocycles. The summed E-state index contributed by atoms with van der Waals surface area (Å²) in [5, 5.41) is 26.2. The number of carbonyl (C=O) groups excluding carboxylic acids is 1. The summed E-state index contributed by atoms with van der Waals surface area (Å²) in [5.41, 5.74) is 7.36. The Labute approximate surface area is 350 Å². The molecule has 10 nitrogen and oxygen atoms in total. The number of nitrogens with one attached hydrogen (secondary N) is 2. The van der Waals surface area contributed by atoms with E-state index >= 15 is 0 Å². The van der Waals surface area contributed by atoms with Gasteiger partial charge in [0, 0.05) is 36.7 Å². The van der Waals surface area contributed by atoms with Gasteiger partial charge in [-0.3, -0.25) is 14.9 Å². The van der Waals surface area contributed by atoms with Crippen LogP contribution >= 0.6 is 23.2 Å². The lowest BCUT2D eigenvalue weighted by Gasteiger charge is -2.25. The number of ether oxygens (including phenoxy) is 4. The van der Waals surface area contributed by atoms with Crippen LogP contribution in [0.4, 0.5) is 0 Å². The Morgan fingerprint density at radius 3 is 1.86 bits per heavy atom. The molecule has 4 atom stereocenters. The number of rotatable bonds is 18. The van der Waals surface area contributed by atoms with Crippen molar-refractivity contribution >= 4 is 35.1 Å². The molecule has 3 aliphatic rings. The van der Waals surface area contributed by atoms with E-state index in [1.165, 1.54) is 29.2 Å². The summed E-state index contributed by atoms with van der Waals surface area (Å²) >= 11 is 13.7. The second kappa shape index (κ2) is 18.2. The van der Waals surface area contributed by atoms with Crippen molar-refractivity contribution in [1.29, 1.82) is 0 Å². The van der Waals surface area contributed by atoms with Crippen molar-refractivity contribution in [1.82, 2.24) is 10.6 Å². The highest BCUT2D eigenvalue weighted by Gasteiger charge is 2.34. The standard InChI is InChI=1S/C46H52Cl2N2O8/c1-4-55-40-23-42(36(47)21-27(40)9-6-10-29-15-20-44(52)50-29)57-38-18-16-32-30(11-7-13-34(32)38)31-12-8-14-35-33(31)17-19-39(35)58-43-24-41(56-5-2)28(22-37(43)48)25-49-46(3,26-51)45(53)54/h7-8,11-14,21-24,29,38-39,49,51H,4-6,9-10,15-20,25-26H2,1-3H3,(H,50,52)(H,53,54)/t29-,38+,39+,46+/m1/s1. The number of hydrogen-bond acceptors (Lipinski definition) is 8. The van der Waals surface area contributed by atoms with Crippen molar-refractivity contribution < 1.29 is 38.7 Å². The highest BCUT2D eigenvalue weighted by molar-refractivity contribution is 6.32. The van der Waals surface area contributed by atoms with E-state index in [2.05, 4.69) is 47.0 Å². The first-order valence-electron chi connectivity index (χ1n) is 20.4. The zero-order valence-electron chi connectivity index (χ0n) is 33.3. The average molecular weight is 832 g/mol. The SMILES string of the molecule is CCOc1cc(O[C@H]2CCc3c(-c4cccc5c4CC[C@@H]5Oc4cc(OCC)c(CN[C@@](C)(CO)C(=O)O)cc4Cl)cccc32)c(Cl)cc1CCC[C@@H]1CCC(=O)N1. The van der Waals surface area contributed by atoms with E-state index in [1.807, 2.05) is 26.0 Å². The van der Waals surface area contributed by atoms with Crippen molar-refractivity contribution in [2.24, 2.45) is 0 Å². The van der Waals surface area contributed by atoms with Crippen LogP contribution in [0.25, 0.3) is 11.1 Å². The quantitative estimate of drug-likeness (QED) is 0.0775. The maximum atomic E-state index is 11.7. The molecule has 0 saturated carbocycles. The van der Waals surface area contributed by atoms with Gasteiger partial charge in [-0.25, -0.2) is 0 Å². The van der Waals surface area contributed by atoms with E-state index in [4.69, 9.17) is 42.1 Å². The number of carbonyl (C=O) groups is 2. The van der Waals surface area contributed by atoms with Gasteiger partial charge in [0.05, 0.1) is 29.9 Å². The molecular weight excluding hydrogens is 779 g/mol. The third-order valence-corrected chi connectivity index (χ3v) is 12.2. The molecule has 12 heteroatoms. The van der Waals surface area contributed by atoms with Crippen LogP contribution in [0.3, 0.4) is 0 Å². The first kappa shape index (κ1) is 41.7. The first-order valence-corrected chi connectivity index (χ1v) is 21.1. The van der Waals surface area contributed by atoms with E-state index in [9.17, 15) is 19.8 Å². The zero-order valence-corrected chi connectivity index (χ0v) is 34.8. The zero-order chi connectivity index (χ0) is 41.0. The summed E-state index contributed by atoms with van der Waals surface area (Å²) in [5.74, 6) is 1.39. The predicted octanol–water partition coefficient (Wildman–Crippen LogP) is 9.12. The number of carboxylic acids is 1. The number of aliphatic carboxylic acids is 1. The van der Waals surface area contributed by atoms with Crippen molar-refractivity contribution in [3.05, 3.63) is 104 Å². The molecule has 0 unspecified atom stereocenters. The number of hydrogen-bond donors (Lipinski definition) is 4. The largest absolute Gasteiger partial charge is 0.493 e. The van der Waals surface area contributed by atoms with Crippen LogP contribution in [0.2, 0.25) is 10.0 Å². The summed E-state index contributed by atoms with van der Waals surface area (Å²) in [7, 11) is 0. The minimum absolute atomic E-state index is 0.124. The normalized spacial score (nSPS) is 19.3. The number of aliphatic hydroxyl groups excluding tert-OH is 1. The predicted molar refractivity (Wildman–Crippen MR) is 225 cm³/mol. The molecule has 7 rings (SSSR count). The van der Waals surface area contributed by atoms with Gasteiger partial charge in [-0.2, -0.15) is 0 Å². The number of aliphatic hydroxyl groups is 1. The van der Waals surface area contributed by atoms with Crippen molar-refractivity contribution in [2.75, 3.05) is 19.8 Å². The summed E-state index contributed by atoms with van der Waals surface area (Å²) in [4.78, 5) is 23.4. The van der Waals surface area contributed by atoms with Gasteiger partial charge in [-0.05, 0) is 123 Å². The van der Waals surface area contributed by atoms with Crippen LogP contribution in [-0.4, -0.2) is 53.5 Å². The third kappa shape index (κ3) is 8.90. The monoisotopic (exact) mass is 830 g/mol. The minimum Gasteiger partial charge on any atom is -0.493 e. The molecule has 1 saturated heterocycles. The average Bonchev–Trinajstić information content (AvgIpc) is 3.95. The number of fused-ring (bicyclic) bond motifs is 2. The van der Waals surface area contributed by atoms with Crippen LogP contribution in [-0.2, 0) is 35.4 Å². The molecular formula is C46H52Cl2N2O8. The fourth-order valence-corrected chi connectivity index (χ4v) is 8.92. The molecule has 2 aliphatic carbocycles. The lowest BCUT2D eigenvalue weighted by molar-refractivity contribution is -0.146. The van der Waals surface area contributed by atoms with Gasteiger partial charge in [-0.15, -0.1) is 0 Å². The van der Waals surface area contributed by atoms with E-state index in [1.54, 1.807) is 12.1 Å². The fourth-order valence-electron chi connectivity index (χ4n) is 8.46. The highest BCUT2D eigenvalue weighted by atomic mass is 35.5. The van der Waals surface area contributed by atoms with Gasteiger partial charge in [0.25, 0.3) is 0 Å². The summed E-state index contributed by atoms with van der Waals surface area (Å²) in [6, 6.07) is 20.5. The molecule has 4 aromatic rings. The second-order valence-corrected chi connectivity index (χ2v) is 16.3. The van der Waals surface area contributed by atoms with Gasteiger partial charge in [-0.1, -0.05) is 59.6 Å². The van der Waals surface area contributed by atoms with E-state index in [0.29, 0.717) is 52.5 Å². The van der Waals surface area contributed by atoms with Crippen LogP contribution in [0.15, 0.2) is 60.7 Å². The maximum Gasteiger partial charge on any atom is 0.326 e. The molecule has 0 aromatic heterocycles. The van der Waals surface area contributed by atoms with E-state index < -0.39 is 18.1 Å². The molecule has 4 N–H and O–H groups in total. The van der Waals surface area contributed by atoms with Crippen molar-refractivity contribution in [2.45, 2.75) is 109 Å². The molecule has 1 aliphatic heterocycles. The van der Waals surface area contributed by atoms with Gasteiger partial charge in [0.15, 0.2) is 0 Å². The lowest BCUT2D eigenvalue weighted by Crippen LogP contribution is -2.52. The maximum absolute atomic E-state index is 11.7. The van der Waals surface area contributed by atoms with Gasteiger partial charge in [0.1, 0.15) is 40.7 Å². The Hall–Kier alpha value is -4.48. The van der Waals surface area contributed by atoms with Crippen LogP contribution < -0.4 is 29.6 Å². The van der Waals surface area contributed by atoms with Crippen LogP contribution in [0.5, 0.6) is 23.0 Å². The topological polar surface area (TPSA) is 136 Å². The van der Waals surface area contributed by atoms with Crippen molar-refractivity contribution in [3.63, 3.8) is 0 Å². The first-order chi connectivity index (χ1) is 28.0. The third-order valence-electron chi connectivity index (χ3n) is 11.6. The smallest absolute Gasteiger partial charge is 0.326 e. The molecule has 0 spiro atoms. The van der Waals surface area contributed by atoms with Gasteiger partial charge in [0.2, 0.25) is 5.91 Å². The summed E-state index contributed by atoms with van der Waals surface area (Å²) in [6.45, 7) is 5.75. The number of halogens is 2. The van der Waals surface area contributed by atoms with Crippen LogP contribution in [0, 0.1) is 0 Å². The second-order valence-electron chi connectivity index (χ2n) is 15.5. The minimum atomic E-state index is -1.52. The molecule has 58 heavy (non-hydrogen) atoms. The molecule has 1 heterocycles. The number of benzene rings is 4. The van der Waals surface area contributed by atoms with Crippen molar-refractivity contribution in [3.8, 4) is 34.1 Å². The Morgan fingerprint density at radius 2 is 1.36 bits per heavy atom. The highest BCUT2D eigenvalue weighted by Crippen LogP contribution is 2.47. The molecule has 1 amide bonds. The molecule has 0 radical (unpaired) electrons. The number of amides is 1. The van der Waals surface area contributed by atoms with E-state index in [-0.39, 0.29) is 30.7 Å². The summed E-state index contributed by atoms with van der Waals surface area (Å²) < 4.78 is 25.3. The van der Waals surface area contributed by atoms with Gasteiger partial charge < -0.3 is 34.5 Å². The Balaban J connectivity index is 1.08. The molecule has 0 bridgehead atoms. The Kier molecular flexibility index (Phi) is 13.1. The summed E-state index contributed by atoms with van der Waals surface area (Å²) in [6.07, 6.45) is 7.07. The molecule has 1 fully saturated rings. The fraction of sp³-hybridized carbons (Fsp3) is 0.435. The van der Waals surface area contributed by atoms with E-state index in [0.717, 1.165) is 73.8 Å². The number of aryl methyl sites for hydroxylation is 1. The lowest BCUT2D eigenvalue weighted by atomic mass is 9.91. The number of carboxylic acid groups (broad SMARTS) is 1. The Bertz CT molecular complexity index is 2160. The van der Waals surface area contributed by atoms with Crippen LogP contribution in [0.1, 0.15) is 105 Å². The Morgan fingerprint density at radius 1 is 0.810 bits per heavy atom.